The molecule has 0 unspecified atom stereocenters. The third-order valence-corrected chi connectivity index (χ3v) is 9.60. The molecule has 43 heavy (non-hydrogen) atoms. The van der Waals surface area contributed by atoms with Gasteiger partial charge in [-0.1, -0.05) is 103 Å². The standard InChI is InChI=1S/C40H25NOS/c1-2-14-30-26(10-1)11-8-17-31(30)27-12-7-13-28(24-27)41(29-22-23-39-35(25-29)33-16-4-6-21-38(33)43-39)36-19-9-18-34-32-15-3-5-20-37(32)42-40(34)36/h1-25H. The summed E-state index contributed by atoms with van der Waals surface area (Å²) in [6.07, 6.45) is 0. The molecule has 0 N–H and O–H groups in total. The van der Waals surface area contributed by atoms with Gasteiger partial charge in [-0.15, -0.1) is 11.3 Å². The van der Waals surface area contributed by atoms with Crippen molar-refractivity contribution < 1.29 is 4.42 Å². The van der Waals surface area contributed by atoms with Gasteiger partial charge < -0.3 is 9.32 Å². The molecule has 2 heterocycles. The van der Waals surface area contributed by atoms with Crippen LogP contribution in [0.15, 0.2) is 156 Å². The first-order valence-corrected chi connectivity index (χ1v) is 15.3. The van der Waals surface area contributed by atoms with Crippen molar-refractivity contribution in [1.29, 1.82) is 0 Å². The maximum atomic E-state index is 6.58. The number of thiophene rings is 1. The van der Waals surface area contributed by atoms with E-state index in [4.69, 9.17) is 4.42 Å². The van der Waals surface area contributed by atoms with E-state index in [2.05, 4.69) is 144 Å². The lowest BCUT2D eigenvalue weighted by Gasteiger charge is -2.26. The molecule has 7 aromatic carbocycles. The lowest BCUT2D eigenvalue weighted by molar-refractivity contribution is 0.669. The zero-order chi connectivity index (χ0) is 28.3. The van der Waals surface area contributed by atoms with Gasteiger partial charge in [-0.2, -0.15) is 0 Å². The Hall–Kier alpha value is -5.38. The highest BCUT2D eigenvalue weighted by atomic mass is 32.1. The van der Waals surface area contributed by atoms with Crippen molar-refractivity contribution in [1.82, 2.24) is 0 Å². The first-order valence-electron chi connectivity index (χ1n) is 14.5. The molecule has 0 aliphatic heterocycles. The summed E-state index contributed by atoms with van der Waals surface area (Å²) >= 11 is 1.84. The van der Waals surface area contributed by atoms with Crippen molar-refractivity contribution in [2.45, 2.75) is 0 Å². The van der Waals surface area contributed by atoms with Crippen molar-refractivity contribution in [3.05, 3.63) is 152 Å². The number of para-hydroxylation sites is 2. The average molecular weight is 568 g/mol. The Kier molecular flexibility index (Phi) is 5.40. The maximum Gasteiger partial charge on any atom is 0.159 e. The van der Waals surface area contributed by atoms with Crippen LogP contribution < -0.4 is 4.90 Å². The summed E-state index contributed by atoms with van der Waals surface area (Å²) < 4.78 is 9.18. The molecule has 202 valence electrons. The molecule has 9 rings (SSSR count). The topological polar surface area (TPSA) is 16.4 Å². The van der Waals surface area contributed by atoms with Crippen LogP contribution in [0.3, 0.4) is 0 Å². The van der Waals surface area contributed by atoms with Gasteiger partial charge in [0.05, 0.1) is 5.69 Å². The Labute approximate surface area is 252 Å². The van der Waals surface area contributed by atoms with Crippen LogP contribution in [0.1, 0.15) is 0 Å². The van der Waals surface area contributed by atoms with Gasteiger partial charge in [0.1, 0.15) is 5.58 Å². The van der Waals surface area contributed by atoms with Crippen molar-refractivity contribution >= 4 is 81.3 Å². The van der Waals surface area contributed by atoms with Crippen LogP contribution in [0.2, 0.25) is 0 Å². The molecule has 9 aromatic rings. The zero-order valence-electron chi connectivity index (χ0n) is 23.2. The van der Waals surface area contributed by atoms with E-state index in [0.717, 1.165) is 39.0 Å². The first kappa shape index (κ1) is 24.2. The largest absolute Gasteiger partial charge is 0.454 e. The summed E-state index contributed by atoms with van der Waals surface area (Å²) in [7, 11) is 0. The second kappa shape index (κ2) is 9.59. The second-order valence-corrected chi connectivity index (χ2v) is 12.0. The number of rotatable bonds is 4. The number of furan rings is 1. The van der Waals surface area contributed by atoms with Gasteiger partial charge in [-0.25, -0.2) is 0 Å². The fourth-order valence-corrected chi connectivity index (χ4v) is 7.56. The van der Waals surface area contributed by atoms with Crippen LogP contribution in [0.5, 0.6) is 0 Å². The van der Waals surface area contributed by atoms with E-state index in [1.54, 1.807) is 0 Å². The predicted octanol–water partition coefficient (Wildman–Crippen LogP) is 12.2. The van der Waals surface area contributed by atoms with E-state index in [-0.39, 0.29) is 0 Å². The van der Waals surface area contributed by atoms with Gasteiger partial charge in [-0.3, -0.25) is 0 Å². The van der Waals surface area contributed by atoms with E-state index in [1.807, 2.05) is 23.5 Å². The van der Waals surface area contributed by atoms with Gasteiger partial charge in [-0.05, 0) is 70.4 Å². The van der Waals surface area contributed by atoms with Crippen molar-refractivity contribution in [2.75, 3.05) is 4.90 Å². The molecular weight excluding hydrogens is 543 g/mol. The lowest BCUT2D eigenvalue weighted by Crippen LogP contribution is -2.10. The number of benzene rings is 7. The molecule has 2 nitrogen and oxygen atoms in total. The number of nitrogens with zero attached hydrogens (tertiary/aromatic N) is 1. The molecule has 0 saturated heterocycles. The minimum absolute atomic E-state index is 0.884. The molecule has 0 aliphatic rings. The summed E-state index contributed by atoms with van der Waals surface area (Å²) in [4.78, 5) is 2.35. The fraction of sp³-hybridized carbons (Fsp3) is 0. The number of fused-ring (bicyclic) bond motifs is 7. The minimum atomic E-state index is 0.884. The normalized spacial score (nSPS) is 11.7. The minimum Gasteiger partial charge on any atom is -0.454 e. The molecule has 0 aliphatic carbocycles. The molecule has 0 saturated carbocycles. The van der Waals surface area contributed by atoms with Gasteiger partial charge in [0, 0.05) is 42.3 Å². The van der Waals surface area contributed by atoms with E-state index in [9.17, 15) is 0 Å². The van der Waals surface area contributed by atoms with E-state index in [1.165, 1.54) is 42.1 Å². The fourth-order valence-electron chi connectivity index (χ4n) is 6.48. The smallest absolute Gasteiger partial charge is 0.159 e. The lowest BCUT2D eigenvalue weighted by atomic mass is 9.97. The number of hydrogen-bond acceptors (Lipinski definition) is 3. The third-order valence-electron chi connectivity index (χ3n) is 8.45. The zero-order valence-corrected chi connectivity index (χ0v) is 24.0. The molecular formula is C40H25NOS. The number of hydrogen-bond donors (Lipinski definition) is 0. The molecule has 0 bridgehead atoms. The average Bonchev–Trinajstić information content (AvgIpc) is 3.64. The van der Waals surface area contributed by atoms with Crippen LogP contribution in [0.25, 0.3) is 64.0 Å². The summed E-state index contributed by atoms with van der Waals surface area (Å²) in [5.41, 5.74) is 7.38. The van der Waals surface area contributed by atoms with Crippen LogP contribution >= 0.6 is 11.3 Å². The van der Waals surface area contributed by atoms with Gasteiger partial charge in [0.15, 0.2) is 5.58 Å². The molecule has 3 heteroatoms. The summed E-state index contributed by atoms with van der Waals surface area (Å²) in [5, 5.41) is 7.29. The summed E-state index contributed by atoms with van der Waals surface area (Å²) in [5.74, 6) is 0. The van der Waals surface area contributed by atoms with E-state index < -0.39 is 0 Å². The maximum absolute atomic E-state index is 6.58. The van der Waals surface area contributed by atoms with Gasteiger partial charge in [0.25, 0.3) is 0 Å². The van der Waals surface area contributed by atoms with Crippen molar-refractivity contribution in [3.8, 4) is 11.1 Å². The van der Waals surface area contributed by atoms with Crippen molar-refractivity contribution in [3.63, 3.8) is 0 Å². The third kappa shape index (κ3) is 3.86. The molecule has 0 amide bonds. The van der Waals surface area contributed by atoms with E-state index in [0.29, 0.717) is 0 Å². The van der Waals surface area contributed by atoms with Crippen LogP contribution in [0.4, 0.5) is 17.1 Å². The van der Waals surface area contributed by atoms with E-state index >= 15 is 0 Å². The Morgan fingerprint density at radius 1 is 0.465 bits per heavy atom. The first-order chi connectivity index (χ1) is 21.3. The van der Waals surface area contributed by atoms with Crippen LogP contribution in [-0.4, -0.2) is 0 Å². The Bertz CT molecular complexity index is 2480. The predicted molar refractivity (Wildman–Crippen MR) is 184 cm³/mol. The second-order valence-electron chi connectivity index (χ2n) is 10.9. The highest BCUT2D eigenvalue weighted by Crippen LogP contribution is 2.45. The quantitative estimate of drug-likeness (QED) is 0.210. The summed E-state index contributed by atoms with van der Waals surface area (Å²) in [6.45, 7) is 0. The molecule has 0 radical (unpaired) electrons. The highest BCUT2D eigenvalue weighted by molar-refractivity contribution is 7.25. The van der Waals surface area contributed by atoms with Gasteiger partial charge >= 0.3 is 0 Å². The highest BCUT2D eigenvalue weighted by Gasteiger charge is 2.21. The van der Waals surface area contributed by atoms with Crippen LogP contribution in [0, 0.1) is 0 Å². The Morgan fingerprint density at radius 2 is 1.16 bits per heavy atom. The molecule has 0 spiro atoms. The molecule has 0 atom stereocenters. The summed E-state index contributed by atoms with van der Waals surface area (Å²) in [6, 6.07) is 54.3. The monoisotopic (exact) mass is 567 g/mol. The molecule has 2 aromatic heterocycles. The number of anilines is 3. The molecule has 0 fully saturated rings. The Morgan fingerprint density at radius 3 is 2.12 bits per heavy atom. The SMILES string of the molecule is c1cc(-c2cccc3ccccc23)cc(N(c2ccc3sc4ccccc4c3c2)c2cccc3c2oc2ccccc23)c1. The van der Waals surface area contributed by atoms with Crippen molar-refractivity contribution in [2.24, 2.45) is 0 Å². The van der Waals surface area contributed by atoms with Gasteiger partial charge in [0.2, 0.25) is 0 Å². The Balaban J connectivity index is 1.31. The van der Waals surface area contributed by atoms with Crippen LogP contribution in [-0.2, 0) is 0 Å².